The largest absolute Gasteiger partial charge is 0.480 e. The van der Waals surface area contributed by atoms with Crippen molar-refractivity contribution in [3.05, 3.63) is 83.4 Å². The molecule has 0 saturated carbocycles. The lowest BCUT2D eigenvalue weighted by Crippen LogP contribution is -2.47. The topological polar surface area (TPSA) is 79.5 Å². The zero-order chi connectivity index (χ0) is 27.0. The fourth-order valence-corrected chi connectivity index (χ4v) is 4.00. The first-order valence-electron chi connectivity index (χ1n) is 11.8. The number of alkyl halides is 2. The molecule has 0 fully saturated rings. The molecule has 1 heterocycles. The van der Waals surface area contributed by atoms with E-state index in [2.05, 4.69) is 10.1 Å². The number of carboxylic acid groups (broad SMARTS) is 1. The van der Waals surface area contributed by atoms with E-state index in [-0.39, 0.29) is 11.5 Å². The fraction of sp³-hybridized carbons (Fsp3) is 0.276. The van der Waals surface area contributed by atoms with Crippen molar-refractivity contribution in [1.29, 1.82) is 0 Å². The number of aryl methyl sites for hydroxylation is 1. The second-order valence-corrected chi connectivity index (χ2v) is 9.80. The van der Waals surface area contributed by atoms with Crippen molar-refractivity contribution in [2.75, 3.05) is 7.05 Å². The van der Waals surface area contributed by atoms with Crippen molar-refractivity contribution in [1.82, 2.24) is 15.0 Å². The van der Waals surface area contributed by atoms with Crippen molar-refractivity contribution in [3.63, 3.8) is 0 Å². The number of benzene rings is 3. The molecule has 8 heteroatoms. The quantitative estimate of drug-likeness (QED) is 0.284. The Morgan fingerprint density at radius 3 is 2.24 bits per heavy atom. The van der Waals surface area contributed by atoms with Crippen LogP contribution in [0.2, 0.25) is 0 Å². The van der Waals surface area contributed by atoms with Gasteiger partial charge in [-0.25, -0.2) is 8.78 Å². The Bertz CT molecular complexity index is 1420. The molecule has 0 atom stereocenters. The van der Waals surface area contributed by atoms with Crippen molar-refractivity contribution in [2.45, 2.75) is 45.7 Å². The molecule has 3 aromatic carbocycles. The molecule has 1 aromatic heterocycles. The lowest BCUT2D eigenvalue weighted by atomic mass is 9.92. The summed E-state index contributed by atoms with van der Waals surface area (Å²) in [6.07, 6.45) is 0. The Labute approximate surface area is 214 Å². The number of nitrogens with zero attached hydrogens (tertiary/aromatic N) is 3. The van der Waals surface area contributed by atoms with Crippen LogP contribution in [0.5, 0.6) is 0 Å². The van der Waals surface area contributed by atoms with Gasteiger partial charge in [0, 0.05) is 30.2 Å². The average molecular weight is 506 g/mol. The summed E-state index contributed by atoms with van der Waals surface area (Å²) in [4.78, 5) is 17.7. The first-order chi connectivity index (χ1) is 17.4. The fourth-order valence-electron chi connectivity index (χ4n) is 4.00. The summed E-state index contributed by atoms with van der Waals surface area (Å²) in [6.45, 7) is 6.51. The number of likely N-dealkylation sites (N-methyl/N-ethyl adjacent to an activating group) is 1. The summed E-state index contributed by atoms with van der Waals surface area (Å²) in [5.74, 6) is -3.51. The zero-order valence-corrected chi connectivity index (χ0v) is 21.4. The van der Waals surface area contributed by atoms with Gasteiger partial charge in [0.2, 0.25) is 5.82 Å². The minimum Gasteiger partial charge on any atom is -0.480 e. The standard InChI is InChI=1S/C29H29F2N3O3/c1-18-8-6-7-9-22(18)23-15-14-21(16-24(23)29(4,30)31)26-32-25(33-37-26)20-12-10-19(11-13-20)17-34(5)28(2,3)27(35)36/h6-16H,17H2,1-5H3,(H,35,36). The Balaban J connectivity index is 1.60. The maximum atomic E-state index is 14.6. The van der Waals surface area contributed by atoms with Crippen LogP contribution in [0, 0.1) is 6.92 Å². The third kappa shape index (κ3) is 5.44. The summed E-state index contributed by atoms with van der Waals surface area (Å²) in [7, 11) is 1.76. The number of hydrogen-bond acceptors (Lipinski definition) is 5. The third-order valence-corrected chi connectivity index (χ3v) is 6.71. The summed E-state index contributed by atoms with van der Waals surface area (Å²) in [6, 6.07) is 19.6. The molecule has 0 amide bonds. The molecular formula is C29H29F2N3O3. The molecule has 0 spiro atoms. The van der Waals surface area contributed by atoms with E-state index < -0.39 is 17.4 Å². The predicted octanol–water partition coefficient (Wildman–Crippen LogP) is 6.79. The normalized spacial score (nSPS) is 12.2. The molecule has 0 aliphatic carbocycles. The Morgan fingerprint density at radius 2 is 1.62 bits per heavy atom. The van der Waals surface area contributed by atoms with Crippen LogP contribution in [0.3, 0.4) is 0 Å². The monoisotopic (exact) mass is 505 g/mol. The maximum Gasteiger partial charge on any atom is 0.323 e. The van der Waals surface area contributed by atoms with Crippen LogP contribution >= 0.6 is 0 Å². The van der Waals surface area contributed by atoms with Gasteiger partial charge < -0.3 is 9.63 Å². The lowest BCUT2D eigenvalue weighted by Gasteiger charge is -2.31. The molecular weight excluding hydrogens is 476 g/mol. The molecule has 37 heavy (non-hydrogen) atoms. The van der Waals surface area contributed by atoms with Gasteiger partial charge in [0.1, 0.15) is 5.54 Å². The molecule has 4 rings (SSSR count). The van der Waals surface area contributed by atoms with Crippen molar-refractivity contribution in [3.8, 4) is 34.0 Å². The van der Waals surface area contributed by atoms with Crippen LogP contribution in [0.15, 0.2) is 71.3 Å². The number of hydrogen-bond donors (Lipinski definition) is 1. The van der Waals surface area contributed by atoms with E-state index in [0.717, 1.165) is 23.6 Å². The van der Waals surface area contributed by atoms with Crippen molar-refractivity contribution < 1.29 is 23.2 Å². The van der Waals surface area contributed by atoms with E-state index in [1.54, 1.807) is 37.9 Å². The Hall–Kier alpha value is -3.91. The first kappa shape index (κ1) is 26.2. The van der Waals surface area contributed by atoms with Gasteiger partial charge in [-0.15, -0.1) is 0 Å². The van der Waals surface area contributed by atoms with Crippen LogP contribution < -0.4 is 0 Å². The number of rotatable bonds is 8. The van der Waals surface area contributed by atoms with Gasteiger partial charge in [0.25, 0.3) is 11.8 Å². The molecule has 0 aliphatic heterocycles. The SMILES string of the molecule is Cc1ccccc1-c1ccc(-c2nc(-c3ccc(CN(C)C(C)(C)C(=O)O)cc3)no2)cc1C(C)(F)F. The van der Waals surface area contributed by atoms with Crippen LogP contribution in [0.25, 0.3) is 34.0 Å². The van der Waals surface area contributed by atoms with Crippen LogP contribution in [0.4, 0.5) is 8.78 Å². The van der Waals surface area contributed by atoms with Crippen LogP contribution in [-0.4, -0.2) is 38.7 Å². The molecule has 0 bridgehead atoms. The highest BCUT2D eigenvalue weighted by molar-refractivity contribution is 5.77. The summed E-state index contributed by atoms with van der Waals surface area (Å²) in [5.41, 5.74) is 3.00. The van der Waals surface area contributed by atoms with E-state index in [0.29, 0.717) is 29.1 Å². The summed E-state index contributed by atoms with van der Waals surface area (Å²) < 4.78 is 34.7. The van der Waals surface area contributed by atoms with Gasteiger partial charge in [-0.3, -0.25) is 9.69 Å². The van der Waals surface area contributed by atoms with Crippen molar-refractivity contribution in [2.24, 2.45) is 0 Å². The van der Waals surface area contributed by atoms with E-state index in [1.807, 2.05) is 55.5 Å². The van der Waals surface area contributed by atoms with Gasteiger partial charge in [0.05, 0.1) is 0 Å². The van der Waals surface area contributed by atoms with Crippen molar-refractivity contribution >= 4 is 5.97 Å². The highest BCUT2D eigenvalue weighted by Crippen LogP contribution is 2.39. The Kier molecular flexibility index (Phi) is 6.97. The second kappa shape index (κ2) is 9.86. The van der Waals surface area contributed by atoms with Gasteiger partial charge in [-0.2, -0.15) is 4.98 Å². The Morgan fingerprint density at radius 1 is 0.973 bits per heavy atom. The molecule has 192 valence electrons. The number of aliphatic carboxylic acids is 1. The maximum absolute atomic E-state index is 14.6. The molecule has 0 saturated heterocycles. The van der Waals surface area contributed by atoms with Gasteiger partial charge in [-0.1, -0.05) is 59.8 Å². The van der Waals surface area contributed by atoms with Gasteiger partial charge in [0.15, 0.2) is 0 Å². The molecule has 6 nitrogen and oxygen atoms in total. The molecule has 4 aromatic rings. The minimum atomic E-state index is -3.07. The summed E-state index contributed by atoms with van der Waals surface area (Å²) >= 11 is 0. The summed E-state index contributed by atoms with van der Waals surface area (Å²) in [5, 5.41) is 13.5. The lowest BCUT2D eigenvalue weighted by molar-refractivity contribution is -0.148. The highest BCUT2D eigenvalue weighted by atomic mass is 19.3. The number of halogens is 2. The first-order valence-corrected chi connectivity index (χ1v) is 11.8. The molecule has 0 unspecified atom stereocenters. The number of carboxylic acids is 1. The smallest absolute Gasteiger partial charge is 0.323 e. The predicted molar refractivity (Wildman–Crippen MR) is 138 cm³/mol. The third-order valence-electron chi connectivity index (χ3n) is 6.71. The van der Waals surface area contributed by atoms with E-state index >= 15 is 0 Å². The minimum absolute atomic E-state index is 0.114. The van der Waals surface area contributed by atoms with E-state index in [1.165, 1.54) is 6.07 Å². The molecule has 1 N–H and O–H groups in total. The van der Waals surface area contributed by atoms with E-state index in [4.69, 9.17) is 4.52 Å². The van der Waals surface area contributed by atoms with E-state index in [9.17, 15) is 18.7 Å². The van der Waals surface area contributed by atoms with Gasteiger partial charge >= 0.3 is 5.97 Å². The molecule has 0 aliphatic rings. The number of carbonyl (C=O) groups is 1. The average Bonchev–Trinajstić information content (AvgIpc) is 3.34. The van der Waals surface area contributed by atoms with Gasteiger partial charge in [-0.05, 0) is 62.2 Å². The zero-order valence-electron chi connectivity index (χ0n) is 21.4. The second-order valence-electron chi connectivity index (χ2n) is 9.80. The van der Waals surface area contributed by atoms with Crippen LogP contribution in [0.1, 0.15) is 37.5 Å². The van der Waals surface area contributed by atoms with Crippen LogP contribution in [-0.2, 0) is 17.3 Å². The molecule has 0 radical (unpaired) electrons. The highest BCUT2D eigenvalue weighted by Gasteiger charge is 2.32. The number of aromatic nitrogens is 2.